The molecule has 0 bridgehead atoms. The smallest absolute Gasteiger partial charge is 0.343 e. The average Bonchev–Trinajstić information content (AvgIpc) is 3.55. The second-order valence-corrected chi connectivity index (χ2v) is 7.11. The molecule has 12 nitrogen and oxygen atoms in total. The van der Waals surface area contributed by atoms with Crippen LogP contribution in [0.1, 0.15) is 11.4 Å². The maximum absolute atomic E-state index is 5.63. The molecule has 7 N–H and O–H groups in total. The zero-order chi connectivity index (χ0) is 24.5. The van der Waals surface area contributed by atoms with E-state index in [4.69, 9.17) is 11.5 Å². The van der Waals surface area contributed by atoms with Crippen molar-refractivity contribution in [2.24, 2.45) is 10.1 Å². The van der Waals surface area contributed by atoms with E-state index in [1.165, 1.54) is 12.7 Å². The lowest BCUT2D eigenvalue weighted by Crippen LogP contribution is -2.21. The van der Waals surface area contributed by atoms with E-state index in [-0.39, 0.29) is 0 Å². The van der Waals surface area contributed by atoms with Gasteiger partial charge in [-0.15, -0.1) is 5.43 Å². The van der Waals surface area contributed by atoms with E-state index in [9.17, 15) is 0 Å². The molecule has 0 amide bonds. The number of rotatable bonds is 4. The molecule has 0 saturated heterocycles. The highest BCUT2D eigenvalue weighted by atomic mass is 79.9. The molecule has 0 saturated carbocycles. The predicted octanol–water partition coefficient (Wildman–Crippen LogP) is 1.15. The Balaban J connectivity index is 0.000000237. The van der Waals surface area contributed by atoms with Gasteiger partial charge in [0, 0.05) is 18.1 Å². The highest BCUT2D eigenvalue weighted by molar-refractivity contribution is 9.10. The summed E-state index contributed by atoms with van der Waals surface area (Å²) in [6.45, 7) is 5.84. The topological polar surface area (TPSA) is 169 Å². The minimum atomic E-state index is 0.684. The summed E-state index contributed by atoms with van der Waals surface area (Å²) in [5.74, 6) is 0.726. The van der Waals surface area contributed by atoms with Crippen molar-refractivity contribution in [3.05, 3.63) is 52.9 Å². The van der Waals surface area contributed by atoms with Crippen LogP contribution in [0, 0.1) is 13.8 Å². The third-order valence-electron chi connectivity index (χ3n) is 3.78. The number of aryl methyl sites for hydroxylation is 2. The summed E-state index contributed by atoms with van der Waals surface area (Å²) >= 11 is 3.23. The molecule has 3 aromatic heterocycles. The lowest BCUT2D eigenvalue weighted by molar-refractivity contribution is 0.718. The van der Waals surface area contributed by atoms with Gasteiger partial charge in [-0.1, -0.05) is 0 Å². The van der Waals surface area contributed by atoms with Crippen LogP contribution in [0.15, 0.2) is 51.6 Å². The Morgan fingerprint density at radius 3 is 2.03 bits per heavy atom. The first-order valence-electron chi connectivity index (χ1n) is 9.86. The van der Waals surface area contributed by atoms with E-state index >= 15 is 0 Å². The molecule has 0 fully saturated rings. The fourth-order valence-corrected chi connectivity index (χ4v) is 2.35. The average molecular weight is 518 g/mol. The van der Waals surface area contributed by atoms with Crippen molar-refractivity contribution >= 4 is 40.0 Å². The maximum atomic E-state index is 5.63. The van der Waals surface area contributed by atoms with Gasteiger partial charge in [0.15, 0.2) is 5.82 Å². The van der Waals surface area contributed by atoms with Crippen LogP contribution in [0.2, 0.25) is 0 Å². The number of nitrogens with zero attached hydrogens (tertiary/aromatic N) is 7. The first-order valence-corrected chi connectivity index (χ1v) is 10.7. The molecular weight excluding hydrogens is 488 g/mol. The minimum absolute atomic E-state index is 0.684. The summed E-state index contributed by atoms with van der Waals surface area (Å²) in [5.41, 5.74) is 16.6. The monoisotopic (exact) mass is 517 g/mol. The quantitative estimate of drug-likeness (QED) is 0.193. The van der Waals surface area contributed by atoms with Gasteiger partial charge in [0.2, 0.25) is 0 Å². The zero-order valence-electron chi connectivity index (χ0n) is 19.1. The van der Waals surface area contributed by atoms with Crippen LogP contribution >= 0.6 is 15.9 Å². The molecule has 0 radical (unpaired) electrons. The second-order valence-electron chi connectivity index (χ2n) is 6.30. The van der Waals surface area contributed by atoms with Gasteiger partial charge in [-0.2, -0.15) is 5.10 Å². The molecule has 4 rings (SSSR count). The van der Waals surface area contributed by atoms with Crippen LogP contribution in [0.4, 0.5) is 11.4 Å². The summed E-state index contributed by atoms with van der Waals surface area (Å²) in [6, 6.07) is 7.26. The van der Waals surface area contributed by atoms with E-state index in [2.05, 4.69) is 68.5 Å². The Labute approximate surface area is 202 Å². The molecule has 4 heterocycles. The molecule has 13 heteroatoms. The van der Waals surface area contributed by atoms with Crippen molar-refractivity contribution in [1.82, 2.24) is 40.8 Å². The van der Waals surface area contributed by atoms with Gasteiger partial charge in [-0.3, -0.25) is 0 Å². The van der Waals surface area contributed by atoms with Crippen LogP contribution in [0.5, 0.6) is 0 Å². The summed E-state index contributed by atoms with van der Waals surface area (Å²) in [4.78, 5) is 15.6. The number of hydrogen-bond acceptors (Lipinski definition) is 11. The molecule has 0 spiro atoms. The van der Waals surface area contributed by atoms with Crippen LogP contribution in [0.3, 0.4) is 0 Å². The van der Waals surface area contributed by atoms with E-state index < -0.39 is 0 Å². The number of likely N-dealkylation sites (N-methyl/N-ethyl adjacent to an activating group) is 2. The number of nitrogen functional groups attached to an aromatic ring is 2. The molecule has 0 aromatic carbocycles. The fourth-order valence-electron chi connectivity index (χ4n) is 1.95. The van der Waals surface area contributed by atoms with Crippen molar-refractivity contribution in [2.45, 2.75) is 13.8 Å². The van der Waals surface area contributed by atoms with Crippen molar-refractivity contribution in [2.75, 3.05) is 38.7 Å². The minimum Gasteiger partial charge on any atom is -0.397 e. The number of aliphatic imine (C=N–C) groups is 1. The Kier molecular flexibility index (Phi) is 13.5. The zero-order valence-corrected chi connectivity index (χ0v) is 20.7. The molecule has 176 valence electrons. The Morgan fingerprint density at radius 1 is 1.00 bits per heavy atom. The van der Waals surface area contributed by atoms with Crippen LogP contribution in [-0.2, 0) is 0 Å². The van der Waals surface area contributed by atoms with Gasteiger partial charge in [0.25, 0.3) is 6.34 Å². The number of nitrogens with two attached hydrogens (primary N) is 2. The van der Waals surface area contributed by atoms with Gasteiger partial charge in [-0.25, -0.2) is 19.6 Å². The van der Waals surface area contributed by atoms with Crippen LogP contribution in [0.25, 0.3) is 5.82 Å². The van der Waals surface area contributed by atoms with Crippen molar-refractivity contribution in [3.63, 3.8) is 0 Å². The number of pyridine rings is 2. The number of hydrazone groups is 1. The van der Waals surface area contributed by atoms with Crippen molar-refractivity contribution in [1.29, 1.82) is 0 Å². The first-order chi connectivity index (χ1) is 15.9. The molecule has 0 unspecified atom stereocenters. The number of hydrogen-bond donors (Lipinski definition) is 5. The van der Waals surface area contributed by atoms with E-state index in [1.54, 1.807) is 23.1 Å². The van der Waals surface area contributed by atoms with E-state index in [1.807, 2.05) is 40.1 Å². The number of aromatic nitrogens is 5. The Bertz CT molecular complexity index is 975. The normalized spacial score (nSPS) is 10.5. The van der Waals surface area contributed by atoms with Gasteiger partial charge < -0.3 is 22.1 Å². The molecular formula is C20H30BrN12+. The van der Waals surface area contributed by atoms with Gasteiger partial charge in [0.05, 0.1) is 22.8 Å². The maximum Gasteiger partial charge on any atom is 0.343 e. The molecule has 0 atom stereocenters. The number of halogens is 1. The second kappa shape index (κ2) is 16.2. The van der Waals surface area contributed by atoms with E-state index in [0.29, 0.717) is 5.69 Å². The first kappa shape index (κ1) is 27.5. The molecule has 3 aromatic rings. The highest BCUT2D eigenvalue weighted by Gasteiger charge is 2.00. The van der Waals surface area contributed by atoms with E-state index in [0.717, 1.165) is 40.6 Å². The highest BCUT2D eigenvalue weighted by Crippen LogP contribution is 2.12. The number of anilines is 2. The summed E-state index contributed by atoms with van der Waals surface area (Å²) in [5, 5.41) is 13.4. The molecule has 0 aliphatic carbocycles. The standard InChI is InChI=1S/C8H9N5.C6H7BrN2.C4H12N2.C2H2N3/c1-6-7(9)2-3-8(12-6)13-5-10-4-11-13;1-4-5(8)2-3-6(7)9-4;1-5-3-4-6-2;1-3-2-5-4-1/h2-5H,9H2,1H3;2-3H,8H2,1H3;5-6H,3-4H2,1-2H3;1H,(H,3,4,5)/q;;;+1. The lowest BCUT2D eigenvalue weighted by atomic mass is 10.3. The largest absolute Gasteiger partial charge is 0.397 e. The summed E-state index contributed by atoms with van der Waals surface area (Å²) < 4.78 is 2.42. The Morgan fingerprint density at radius 2 is 1.64 bits per heavy atom. The number of nitrogens with one attached hydrogen (secondary N) is 3. The third kappa shape index (κ3) is 11.6. The lowest BCUT2D eigenvalue weighted by Gasteiger charge is -2.02. The molecule has 33 heavy (non-hydrogen) atoms. The van der Waals surface area contributed by atoms with Crippen LogP contribution in [-0.4, -0.2) is 64.6 Å². The fraction of sp³-hybridized carbons (Fsp3) is 0.300. The van der Waals surface area contributed by atoms with Crippen molar-refractivity contribution < 1.29 is 0 Å². The molecule has 1 aliphatic heterocycles. The summed E-state index contributed by atoms with van der Waals surface area (Å²) in [6.07, 6.45) is 6.82. The third-order valence-corrected chi connectivity index (χ3v) is 4.22. The Hall–Kier alpha value is -3.51. The van der Waals surface area contributed by atoms with Gasteiger partial charge in [0.1, 0.15) is 17.3 Å². The van der Waals surface area contributed by atoms with Crippen LogP contribution < -0.4 is 27.5 Å². The van der Waals surface area contributed by atoms with Crippen molar-refractivity contribution in [3.8, 4) is 5.82 Å². The predicted molar refractivity (Wildman–Crippen MR) is 136 cm³/mol. The van der Waals surface area contributed by atoms with Gasteiger partial charge >= 0.3 is 6.34 Å². The summed E-state index contributed by atoms with van der Waals surface area (Å²) in [7, 11) is 3.88. The molecule has 1 aliphatic rings. The SMILES string of the molecule is CNCCNC.Cc1nc(-n2cncn2)ccc1N.Cc1nc(Br)ccc1N.[C+]1=NC=NN1. The van der Waals surface area contributed by atoms with Gasteiger partial charge in [-0.05, 0) is 73.2 Å².